The van der Waals surface area contributed by atoms with Crippen molar-refractivity contribution in [2.75, 3.05) is 4.90 Å². The van der Waals surface area contributed by atoms with Crippen molar-refractivity contribution in [3.63, 3.8) is 0 Å². The zero-order valence-electron chi connectivity index (χ0n) is 35.3. The van der Waals surface area contributed by atoms with Crippen LogP contribution in [0.15, 0.2) is 237 Å². The Morgan fingerprint density at radius 2 is 0.600 bits per heavy atom. The molecule has 0 fully saturated rings. The van der Waals surface area contributed by atoms with Gasteiger partial charge in [0.15, 0.2) is 0 Å². The van der Waals surface area contributed by atoms with E-state index in [2.05, 4.69) is 241 Å². The van der Waals surface area contributed by atoms with Crippen LogP contribution in [0.4, 0.5) is 17.1 Å². The lowest BCUT2D eigenvalue weighted by Gasteiger charge is -2.40. The molecule has 3 nitrogen and oxygen atoms in total. The number of benzene rings is 10. The maximum atomic E-state index is 6.72. The van der Waals surface area contributed by atoms with Gasteiger partial charge in [0.05, 0.1) is 10.8 Å². The zero-order chi connectivity index (χ0) is 42.7. The SMILES string of the molecule is c1ccc(-c2cccc(N(c3ccc4c(c3)C3(c5ccccc5Oc5ccccc53)c3ccccc3-4)c3ccc4c(c3)C3(c5ccccc5Oc5ccccc53)c3ccccc3-4)c2)cc1. The van der Waals surface area contributed by atoms with E-state index in [4.69, 9.17) is 9.47 Å². The van der Waals surface area contributed by atoms with Gasteiger partial charge in [0.2, 0.25) is 0 Å². The predicted molar refractivity (Wildman–Crippen MR) is 261 cm³/mol. The van der Waals surface area contributed by atoms with E-state index in [1.165, 1.54) is 50.1 Å². The minimum atomic E-state index is -0.607. The molecule has 10 aromatic carbocycles. The van der Waals surface area contributed by atoms with Crippen molar-refractivity contribution in [1.82, 2.24) is 0 Å². The summed E-state index contributed by atoms with van der Waals surface area (Å²) in [6, 6.07) is 86.2. The highest BCUT2D eigenvalue weighted by Crippen LogP contribution is 2.65. The van der Waals surface area contributed by atoms with Crippen LogP contribution in [0, 0.1) is 0 Å². The van der Waals surface area contributed by atoms with E-state index >= 15 is 0 Å². The van der Waals surface area contributed by atoms with Crippen LogP contribution >= 0.6 is 0 Å². The van der Waals surface area contributed by atoms with Crippen LogP contribution in [0.3, 0.4) is 0 Å². The van der Waals surface area contributed by atoms with Crippen LogP contribution in [-0.2, 0) is 10.8 Å². The lowest BCUT2D eigenvalue weighted by molar-refractivity contribution is 0.436. The van der Waals surface area contributed by atoms with Crippen LogP contribution in [0.1, 0.15) is 44.5 Å². The fraction of sp³-hybridized carbons (Fsp3) is 0.0323. The summed E-state index contributed by atoms with van der Waals surface area (Å²) in [5.41, 5.74) is 18.9. The van der Waals surface area contributed by atoms with Crippen molar-refractivity contribution >= 4 is 17.1 Å². The Hall–Kier alpha value is -8.40. The van der Waals surface area contributed by atoms with E-state index in [1.807, 2.05) is 0 Å². The highest BCUT2D eigenvalue weighted by Gasteiger charge is 2.53. The average Bonchev–Trinajstić information content (AvgIpc) is 3.82. The van der Waals surface area contributed by atoms with Gasteiger partial charge < -0.3 is 14.4 Å². The first kappa shape index (κ1) is 36.1. The Morgan fingerprint density at radius 3 is 1.06 bits per heavy atom. The van der Waals surface area contributed by atoms with E-state index in [0.717, 1.165) is 67.9 Å². The number of nitrogens with zero attached hydrogens (tertiary/aromatic N) is 1. The summed E-state index contributed by atoms with van der Waals surface area (Å²) in [4.78, 5) is 2.47. The Kier molecular flexibility index (Phi) is 7.53. The molecule has 0 saturated heterocycles. The van der Waals surface area contributed by atoms with Crippen LogP contribution in [0.5, 0.6) is 23.0 Å². The summed E-state index contributed by atoms with van der Waals surface area (Å²) in [6.45, 7) is 0. The molecule has 65 heavy (non-hydrogen) atoms. The first-order chi connectivity index (χ1) is 32.2. The summed E-state index contributed by atoms with van der Waals surface area (Å²) < 4.78 is 13.4. The van der Waals surface area contributed by atoms with Crippen LogP contribution in [0.2, 0.25) is 0 Å². The average molecular weight is 830 g/mol. The molecule has 2 spiro atoms. The van der Waals surface area contributed by atoms with Crippen LogP contribution in [0.25, 0.3) is 33.4 Å². The third kappa shape index (κ3) is 4.84. The molecular weight excluding hydrogens is 791 g/mol. The summed E-state index contributed by atoms with van der Waals surface area (Å²) in [6.07, 6.45) is 0. The molecule has 0 N–H and O–H groups in total. The molecule has 2 aliphatic heterocycles. The minimum absolute atomic E-state index is 0.607. The van der Waals surface area contributed by atoms with Gasteiger partial charge in [0.25, 0.3) is 0 Å². The predicted octanol–water partition coefficient (Wildman–Crippen LogP) is 15.8. The molecule has 14 rings (SSSR count). The molecule has 0 bridgehead atoms. The fourth-order valence-corrected chi connectivity index (χ4v) is 11.9. The number of fused-ring (bicyclic) bond motifs is 18. The molecule has 4 aliphatic rings. The standard InChI is InChI=1S/C62H39NO2/c1-2-17-40(18-3-1)41-19-16-20-42(37-41)63(43-33-35-47-45-21-4-6-23-49(45)61(55(47)38-43)51-25-8-12-29-57(51)64-58-30-13-9-26-52(58)61)44-34-36-48-46-22-5-7-24-50(46)62(56(48)39-44)53-27-10-14-31-59(53)65-60-32-15-11-28-54(60)62/h1-39H. The second-order valence-corrected chi connectivity index (χ2v) is 17.5. The van der Waals surface area contributed by atoms with Gasteiger partial charge >= 0.3 is 0 Å². The second kappa shape index (κ2) is 13.6. The largest absolute Gasteiger partial charge is 0.457 e. The molecule has 2 aliphatic carbocycles. The van der Waals surface area contributed by atoms with Gasteiger partial charge in [-0.15, -0.1) is 0 Å². The lowest BCUT2D eigenvalue weighted by atomic mass is 9.66. The maximum absolute atomic E-state index is 6.72. The molecule has 0 atom stereocenters. The number of ether oxygens (including phenoxy) is 2. The smallest absolute Gasteiger partial charge is 0.132 e. The number of hydrogen-bond donors (Lipinski definition) is 0. The highest BCUT2D eigenvalue weighted by molar-refractivity contribution is 5.94. The first-order valence-electron chi connectivity index (χ1n) is 22.4. The van der Waals surface area contributed by atoms with Gasteiger partial charge in [0, 0.05) is 39.3 Å². The first-order valence-corrected chi connectivity index (χ1v) is 22.4. The summed E-state index contributed by atoms with van der Waals surface area (Å²) in [5.74, 6) is 3.53. The molecule has 2 heterocycles. The lowest BCUT2D eigenvalue weighted by Crippen LogP contribution is -2.32. The molecule has 0 unspecified atom stereocenters. The highest BCUT2D eigenvalue weighted by atomic mass is 16.5. The molecule has 10 aromatic rings. The molecular formula is C62H39NO2. The van der Waals surface area contributed by atoms with Gasteiger partial charge in [-0.25, -0.2) is 0 Å². The van der Waals surface area contributed by atoms with Crippen LogP contribution < -0.4 is 14.4 Å². The summed E-state index contributed by atoms with van der Waals surface area (Å²) in [5, 5.41) is 0. The van der Waals surface area contributed by atoms with E-state index in [1.54, 1.807) is 0 Å². The second-order valence-electron chi connectivity index (χ2n) is 17.5. The fourth-order valence-electron chi connectivity index (χ4n) is 11.9. The number of rotatable bonds is 4. The minimum Gasteiger partial charge on any atom is -0.457 e. The molecule has 0 saturated carbocycles. The van der Waals surface area contributed by atoms with Crippen molar-refractivity contribution in [2.45, 2.75) is 10.8 Å². The third-order valence-electron chi connectivity index (χ3n) is 14.4. The van der Waals surface area contributed by atoms with E-state index < -0.39 is 10.8 Å². The maximum Gasteiger partial charge on any atom is 0.132 e. The normalized spacial score (nSPS) is 14.3. The number of hydrogen-bond acceptors (Lipinski definition) is 3. The van der Waals surface area contributed by atoms with Crippen molar-refractivity contribution in [2.24, 2.45) is 0 Å². The molecule has 304 valence electrons. The Labute approximate surface area is 378 Å². The van der Waals surface area contributed by atoms with Crippen molar-refractivity contribution in [3.05, 3.63) is 281 Å². The Bertz CT molecular complexity index is 3300. The van der Waals surface area contributed by atoms with Gasteiger partial charge in [-0.2, -0.15) is 0 Å². The Balaban J connectivity index is 1.06. The molecule has 0 radical (unpaired) electrons. The summed E-state index contributed by atoms with van der Waals surface area (Å²) >= 11 is 0. The van der Waals surface area contributed by atoms with E-state index in [0.29, 0.717) is 0 Å². The molecule has 0 aromatic heterocycles. The van der Waals surface area contributed by atoms with Gasteiger partial charge in [-0.3, -0.25) is 0 Å². The van der Waals surface area contributed by atoms with Crippen LogP contribution in [-0.4, -0.2) is 0 Å². The van der Waals surface area contributed by atoms with Crippen molar-refractivity contribution in [3.8, 4) is 56.4 Å². The van der Waals surface area contributed by atoms with Gasteiger partial charge in [-0.1, -0.05) is 176 Å². The zero-order valence-corrected chi connectivity index (χ0v) is 35.3. The molecule has 0 amide bonds. The topological polar surface area (TPSA) is 21.7 Å². The Morgan fingerprint density at radius 1 is 0.246 bits per heavy atom. The monoisotopic (exact) mass is 829 g/mol. The quantitative estimate of drug-likeness (QED) is 0.176. The summed E-state index contributed by atoms with van der Waals surface area (Å²) in [7, 11) is 0. The third-order valence-corrected chi connectivity index (χ3v) is 14.4. The number of anilines is 3. The van der Waals surface area contributed by atoms with Crippen molar-refractivity contribution < 1.29 is 9.47 Å². The molecule has 3 heteroatoms. The van der Waals surface area contributed by atoms with E-state index in [-0.39, 0.29) is 0 Å². The van der Waals surface area contributed by atoms with E-state index in [9.17, 15) is 0 Å². The number of para-hydroxylation sites is 4. The van der Waals surface area contributed by atoms with Gasteiger partial charge in [-0.05, 0) is 116 Å². The van der Waals surface area contributed by atoms with Crippen molar-refractivity contribution in [1.29, 1.82) is 0 Å². The van der Waals surface area contributed by atoms with Gasteiger partial charge in [0.1, 0.15) is 23.0 Å².